The maximum atomic E-state index is 13.7. The molecule has 5 rings (SSSR count). The molecule has 2 saturated heterocycles. The molecule has 1 saturated carbocycles. The average Bonchev–Trinajstić information content (AvgIpc) is 3.71. The summed E-state index contributed by atoms with van der Waals surface area (Å²) in [4.78, 5) is 44.9. The van der Waals surface area contributed by atoms with Gasteiger partial charge in [-0.2, -0.15) is 0 Å². The molecule has 0 unspecified atom stereocenters. The van der Waals surface area contributed by atoms with Crippen LogP contribution in [0.4, 0.5) is 0 Å². The lowest BCUT2D eigenvalue weighted by molar-refractivity contribution is -0.151. The summed E-state index contributed by atoms with van der Waals surface area (Å²) in [6, 6.07) is 19.6. The van der Waals surface area contributed by atoms with Crippen molar-refractivity contribution >= 4 is 17.7 Å². The first-order chi connectivity index (χ1) is 16.1. The Hall–Kier alpha value is -3.15. The summed E-state index contributed by atoms with van der Waals surface area (Å²) in [7, 11) is 0. The van der Waals surface area contributed by atoms with Crippen molar-refractivity contribution in [3.05, 3.63) is 71.8 Å². The molecule has 0 bridgehead atoms. The highest BCUT2D eigenvalue weighted by Crippen LogP contribution is 2.39. The lowest BCUT2D eigenvalue weighted by atomic mass is 9.82. The van der Waals surface area contributed by atoms with Gasteiger partial charge in [0.05, 0.1) is 12.0 Å². The normalized spacial score (nSPS) is 23.5. The Kier molecular flexibility index (Phi) is 6.16. The van der Waals surface area contributed by atoms with Crippen LogP contribution in [0.5, 0.6) is 0 Å². The van der Waals surface area contributed by atoms with Gasteiger partial charge in [-0.15, -0.1) is 0 Å². The van der Waals surface area contributed by atoms with Crippen LogP contribution in [0.2, 0.25) is 0 Å². The van der Waals surface area contributed by atoms with Gasteiger partial charge in [0, 0.05) is 45.1 Å². The highest BCUT2D eigenvalue weighted by Gasteiger charge is 2.43. The van der Waals surface area contributed by atoms with Crippen LogP contribution < -0.4 is 0 Å². The highest BCUT2D eigenvalue weighted by atomic mass is 16.2. The van der Waals surface area contributed by atoms with E-state index in [0.29, 0.717) is 45.6 Å². The summed E-state index contributed by atoms with van der Waals surface area (Å²) >= 11 is 0. The number of piperidine rings is 1. The van der Waals surface area contributed by atoms with E-state index in [9.17, 15) is 14.4 Å². The van der Waals surface area contributed by atoms with E-state index in [1.54, 1.807) is 0 Å². The number of piperazine rings is 1. The van der Waals surface area contributed by atoms with Gasteiger partial charge in [0.2, 0.25) is 17.7 Å². The largest absolute Gasteiger partial charge is 0.339 e. The van der Waals surface area contributed by atoms with E-state index in [0.717, 1.165) is 24.0 Å². The van der Waals surface area contributed by atoms with Crippen LogP contribution in [0.3, 0.4) is 0 Å². The van der Waals surface area contributed by atoms with E-state index >= 15 is 0 Å². The van der Waals surface area contributed by atoms with E-state index < -0.39 is 0 Å². The monoisotopic (exact) mass is 445 g/mol. The summed E-state index contributed by atoms with van der Waals surface area (Å²) in [6.07, 6.45) is 2.95. The lowest BCUT2D eigenvalue weighted by Crippen LogP contribution is -2.55. The minimum Gasteiger partial charge on any atom is -0.339 e. The number of benzene rings is 2. The summed E-state index contributed by atoms with van der Waals surface area (Å²) in [5.41, 5.74) is 2.06. The quantitative estimate of drug-likeness (QED) is 0.710. The van der Waals surface area contributed by atoms with Crippen molar-refractivity contribution in [1.82, 2.24) is 14.7 Å². The van der Waals surface area contributed by atoms with Crippen molar-refractivity contribution in [3.8, 4) is 0 Å². The van der Waals surface area contributed by atoms with Crippen molar-refractivity contribution in [2.75, 3.05) is 26.2 Å². The number of likely N-dealkylation sites (tertiary alicyclic amines) is 1. The summed E-state index contributed by atoms with van der Waals surface area (Å²) < 4.78 is 0. The van der Waals surface area contributed by atoms with E-state index in [-0.39, 0.29) is 35.6 Å². The topological polar surface area (TPSA) is 60.9 Å². The molecule has 0 spiro atoms. The van der Waals surface area contributed by atoms with Crippen molar-refractivity contribution in [1.29, 1.82) is 0 Å². The third-order valence-electron chi connectivity index (χ3n) is 7.19. The van der Waals surface area contributed by atoms with Crippen LogP contribution in [0.15, 0.2) is 60.7 Å². The first-order valence-corrected chi connectivity index (χ1v) is 12.1. The van der Waals surface area contributed by atoms with E-state index in [1.165, 1.54) is 0 Å². The molecule has 3 amide bonds. The minimum absolute atomic E-state index is 0.0941. The van der Waals surface area contributed by atoms with Gasteiger partial charge in [-0.3, -0.25) is 14.4 Å². The number of hydrogen-bond acceptors (Lipinski definition) is 3. The molecular weight excluding hydrogens is 414 g/mol. The molecule has 2 aliphatic heterocycles. The zero-order valence-corrected chi connectivity index (χ0v) is 18.9. The molecule has 3 aliphatic rings. The van der Waals surface area contributed by atoms with Crippen molar-refractivity contribution in [2.24, 2.45) is 11.8 Å². The standard InChI is InChI=1S/C27H31N3O3/c31-24-14-13-23(27(33)29-17-15-28(16-18-29)26(32)22-11-12-22)25(21-9-5-2-6-10-21)30(24)19-20-7-3-1-4-8-20/h1-10,22-23,25H,11-19H2/t23-,25-/m0/s1. The molecule has 2 aromatic rings. The second-order valence-corrected chi connectivity index (χ2v) is 9.43. The fraction of sp³-hybridized carbons (Fsp3) is 0.444. The Bertz CT molecular complexity index is 998. The van der Waals surface area contributed by atoms with Gasteiger partial charge in [-0.05, 0) is 30.4 Å². The molecule has 2 atom stereocenters. The molecule has 33 heavy (non-hydrogen) atoms. The summed E-state index contributed by atoms with van der Waals surface area (Å²) in [5.74, 6) is 0.385. The first-order valence-electron chi connectivity index (χ1n) is 12.1. The van der Waals surface area contributed by atoms with Crippen LogP contribution in [0, 0.1) is 11.8 Å². The zero-order chi connectivity index (χ0) is 22.8. The number of carbonyl (C=O) groups excluding carboxylic acids is 3. The van der Waals surface area contributed by atoms with Crippen molar-refractivity contribution in [3.63, 3.8) is 0 Å². The van der Waals surface area contributed by atoms with E-state index in [1.807, 2.05) is 75.4 Å². The van der Waals surface area contributed by atoms with Gasteiger partial charge < -0.3 is 14.7 Å². The predicted molar refractivity (Wildman–Crippen MR) is 125 cm³/mol. The summed E-state index contributed by atoms with van der Waals surface area (Å²) in [6.45, 7) is 2.85. The molecule has 2 heterocycles. The highest BCUT2D eigenvalue weighted by molar-refractivity contribution is 5.86. The molecule has 3 fully saturated rings. The van der Waals surface area contributed by atoms with E-state index in [2.05, 4.69) is 0 Å². The Labute approximate surface area is 195 Å². The van der Waals surface area contributed by atoms with Crippen LogP contribution in [-0.2, 0) is 20.9 Å². The molecule has 6 nitrogen and oxygen atoms in total. The van der Waals surface area contributed by atoms with Gasteiger partial charge >= 0.3 is 0 Å². The van der Waals surface area contributed by atoms with Gasteiger partial charge in [0.25, 0.3) is 0 Å². The molecule has 2 aromatic carbocycles. The number of amides is 3. The van der Waals surface area contributed by atoms with Crippen molar-refractivity contribution < 1.29 is 14.4 Å². The molecule has 0 aromatic heterocycles. The molecule has 6 heteroatoms. The Balaban J connectivity index is 1.36. The number of carbonyl (C=O) groups is 3. The van der Waals surface area contributed by atoms with Crippen LogP contribution in [0.1, 0.15) is 42.9 Å². The molecule has 0 N–H and O–H groups in total. The SMILES string of the molecule is O=C(C1CC1)N1CCN(C(=O)[C@H]2CCC(=O)N(Cc3ccccc3)[C@H]2c2ccccc2)CC1. The third kappa shape index (κ3) is 4.65. The van der Waals surface area contributed by atoms with Gasteiger partial charge in [-0.25, -0.2) is 0 Å². The molecule has 1 aliphatic carbocycles. The number of rotatable bonds is 5. The molecule has 0 radical (unpaired) electrons. The molecule has 172 valence electrons. The number of nitrogens with zero attached hydrogens (tertiary/aromatic N) is 3. The van der Waals surface area contributed by atoms with E-state index in [4.69, 9.17) is 0 Å². The Morgan fingerprint density at radius 2 is 1.33 bits per heavy atom. The predicted octanol–water partition coefficient (Wildman–Crippen LogP) is 3.25. The number of hydrogen-bond donors (Lipinski definition) is 0. The van der Waals surface area contributed by atoms with Crippen LogP contribution in [0.25, 0.3) is 0 Å². The lowest BCUT2D eigenvalue weighted by Gasteiger charge is -2.44. The second kappa shape index (κ2) is 9.38. The minimum atomic E-state index is -0.286. The van der Waals surface area contributed by atoms with Gasteiger partial charge in [0.1, 0.15) is 0 Å². The first kappa shape index (κ1) is 21.7. The maximum Gasteiger partial charge on any atom is 0.228 e. The Morgan fingerprint density at radius 3 is 1.94 bits per heavy atom. The zero-order valence-electron chi connectivity index (χ0n) is 18.9. The fourth-order valence-corrected chi connectivity index (χ4v) is 5.21. The maximum absolute atomic E-state index is 13.7. The smallest absolute Gasteiger partial charge is 0.228 e. The third-order valence-corrected chi connectivity index (χ3v) is 7.19. The second-order valence-electron chi connectivity index (χ2n) is 9.43. The van der Waals surface area contributed by atoms with Crippen LogP contribution >= 0.6 is 0 Å². The van der Waals surface area contributed by atoms with Gasteiger partial charge in [0.15, 0.2) is 0 Å². The summed E-state index contributed by atoms with van der Waals surface area (Å²) in [5, 5.41) is 0. The average molecular weight is 446 g/mol. The fourth-order valence-electron chi connectivity index (χ4n) is 5.21. The Morgan fingerprint density at radius 1 is 0.758 bits per heavy atom. The van der Waals surface area contributed by atoms with Gasteiger partial charge in [-0.1, -0.05) is 60.7 Å². The van der Waals surface area contributed by atoms with Crippen molar-refractivity contribution in [2.45, 2.75) is 38.3 Å². The molecular formula is C27H31N3O3. The van der Waals surface area contributed by atoms with Crippen LogP contribution in [-0.4, -0.2) is 58.6 Å².